The Kier molecular flexibility index (Phi) is 5.10. The summed E-state index contributed by atoms with van der Waals surface area (Å²) in [7, 11) is 0. The van der Waals surface area contributed by atoms with E-state index >= 15 is 0 Å². The Balaban J connectivity index is 1.80. The summed E-state index contributed by atoms with van der Waals surface area (Å²) in [5.41, 5.74) is 0. The van der Waals surface area contributed by atoms with Gasteiger partial charge in [0, 0.05) is 30.9 Å². The van der Waals surface area contributed by atoms with Gasteiger partial charge in [0.2, 0.25) is 0 Å². The number of thioether (sulfide) groups is 1. The summed E-state index contributed by atoms with van der Waals surface area (Å²) in [6.45, 7) is 3.60. The molecule has 0 aromatic rings. The molecule has 0 aromatic heterocycles. The highest BCUT2D eigenvalue weighted by molar-refractivity contribution is 8.00. The number of rotatable bonds is 3. The van der Waals surface area contributed by atoms with Gasteiger partial charge in [0.25, 0.3) is 0 Å². The van der Waals surface area contributed by atoms with Gasteiger partial charge in [-0.15, -0.1) is 0 Å². The van der Waals surface area contributed by atoms with Crippen LogP contribution in [0.3, 0.4) is 0 Å². The summed E-state index contributed by atoms with van der Waals surface area (Å²) < 4.78 is 0.177. The quantitative estimate of drug-likeness (QED) is 0.728. The van der Waals surface area contributed by atoms with Crippen LogP contribution < -0.4 is 10.6 Å². The molecule has 2 N–H and O–H groups in total. The van der Waals surface area contributed by atoms with E-state index in [0.717, 1.165) is 32.4 Å². The first-order valence-electron chi connectivity index (χ1n) is 7.00. The summed E-state index contributed by atoms with van der Waals surface area (Å²) in [6, 6.07) is 0. The summed E-state index contributed by atoms with van der Waals surface area (Å²) in [4.78, 5) is 25.6. The average Bonchev–Trinajstić information content (AvgIpc) is 2.65. The lowest BCUT2D eigenvalue weighted by Crippen LogP contribution is -2.50. The van der Waals surface area contributed by atoms with Gasteiger partial charge in [0.15, 0.2) is 0 Å². The maximum absolute atomic E-state index is 12.0. The molecule has 0 spiro atoms. The van der Waals surface area contributed by atoms with Crippen LogP contribution in [0.5, 0.6) is 0 Å². The van der Waals surface area contributed by atoms with E-state index in [4.69, 9.17) is 0 Å². The maximum atomic E-state index is 12.0. The first-order valence-corrected chi connectivity index (χ1v) is 8.22. The summed E-state index contributed by atoms with van der Waals surface area (Å²) in [5, 5.41) is 6.05. The Morgan fingerprint density at radius 2 is 2.05 bits per heavy atom. The van der Waals surface area contributed by atoms with Crippen molar-refractivity contribution in [3.63, 3.8) is 0 Å². The van der Waals surface area contributed by atoms with Crippen molar-refractivity contribution in [1.82, 2.24) is 15.5 Å². The Bertz CT molecular complexity index is 331. The van der Waals surface area contributed by atoms with E-state index < -0.39 is 5.91 Å². The number of nitrogens with zero attached hydrogens (tertiary/aromatic N) is 1. The molecule has 0 bridgehead atoms. The molecule has 1 heterocycles. The number of amides is 2. The fraction of sp³-hybridized carbons (Fsp3) is 0.846. The lowest BCUT2D eigenvalue weighted by molar-refractivity contribution is -0.145. The minimum Gasteiger partial charge on any atom is -0.346 e. The molecule has 0 radical (unpaired) electrons. The predicted molar refractivity (Wildman–Crippen MR) is 77.2 cm³/mol. The third kappa shape index (κ3) is 3.63. The molecular weight excluding hydrogens is 262 g/mol. The van der Waals surface area contributed by atoms with Crippen molar-refractivity contribution in [3.8, 4) is 0 Å². The van der Waals surface area contributed by atoms with Crippen molar-refractivity contribution in [3.05, 3.63) is 0 Å². The fourth-order valence-corrected chi connectivity index (χ4v) is 3.45. The lowest BCUT2D eigenvalue weighted by Gasteiger charge is -2.40. The van der Waals surface area contributed by atoms with Gasteiger partial charge >= 0.3 is 11.8 Å². The van der Waals surface area contributed by atoms with Crippen LogP contribution in [0.15, 0.2) is 0 Å². The molecule has 6 heteroatoms. The summed E-state index contributed by atoms with van der Waals surface area (Å²) >= 11 is 1.80. The van der Waals surface area contributed by atoms with Crippen LogP contribution in [0.25, 0.3) is 0 Å². The second-order valence-corrected chi connectivity index (χ2v) is 6.59. The zero-order valence-corrected chi connectivity index (χ0v) is 12.4. The molecule has 2 aliphatic rings. The molecule has 1 saturated carbocycles. The van der Waals surface area contributed by atoms with Crippen molar-refractivity contribution in [1.29, 1.82) is 0 Å². The van der Waals surface area contributed by atoms with E-state index in [-0.39, 0.29) is 10.7 Å². The molecule has 1 saturated heterocycles. The SMILES string of the molecule is CSC1(CNC(=O)C(=O)N2CCCNCC2)CCC1. The highest BCUT2D eigenvalue weighted by Gasteiger charge is 2.37. The molecule has 2 rings (SSSR count). The van der Waals surface area contributed by atoms with Crippen molar-refractivity contribution >= 4 is 23.6 Å². The van der Waals surface area contributed by atoms with Crippen LogP contribution in [0.4, 0.5) is 0 Å². The van der Waals surface area contributed by atoms with Gasteiger partial charge in [-0.05, 0) is 32.1 Å². The molecule has 0 atom stereocenters. The highest BCUT2D eigenvalue weighted by Crippen LogP contribution is 2.42. The number of carbonyl (C=O) groups is 2. The third-order valence-corrected chi connectivity index (χ3v) is 5.51. The first-order chi connectivity index (χ1) is 9.17. The van der Waals surface area contributed by atoms with Crippen molar-refractivity contribution in [2.75, 3.05) is 39.0 Å². The standard InChI is InChI=1S/C13H23N3O2S/c1-19-13(4-2-5-13)10-15-11(17)12(18)16-8-3-6-14-7-9-16/h14H,2-10H2,1H3,(H,15,17). The lowest BCUT2D eigenvalue weighted by atomic mass is 9.84. The Labute approximate surface area is 118 Å². The van der Waals surface area contributed by atoms with Crippen LogP contribution in [0, 0.1) is 0 Å². The molecule has 0 aromatic carbocycles. The Hall–Kier alpha value is -0.750. The van der Waals surface area contributed by atoms with E-state index in [1.54, 1.807) is 16.7 Å². The van der Waals surface area contributed by atoms with Crippen LogP contribution in [0.1, 0.15) is 25.7 Å². The second kappa shape index (κ2) is 6.61. The topological polar surface area (TPSA) is 61.4 Å². The maximum Gasteiger partial charge on any atom is 0.311 e. The number of hydrogen-bond acceptors (Lipinski definition) is 4. The van der Waals surface area contributed by atoms with Crippen LogP contribution in [-0.4, -0.2) is 60.4 Å². The van der Waals surface area contributed by atoms with E-state index in [9.17, 15) is 9.59 Å². The number of nitrogens with one attached hydrogen (secondary N) is 2. The highest BCUT2D eigenvalue weighted by atomic mass is 32.2. The van der Waals surface area contributed by atoms with E-state index in [1.807, 2.05) is 0 Å². The van der Waals surface area contributed by atoms with Crippen LogP contribution >= 0.6 is 11.8 Å². The molecule has 108 valence electrons. The smallest absolute Gasteiger partial charge is 0.311 e. The minimum atomic E-state index is -0.442. The van der Waals surface area contributed by atoms with E-state index in [2.05, 4.69) is 16.9 Å². The van der Waals surface area contributed by atoms with Gasteiger partial charge in [-0.2, -0.15) is 11.8 Å². The predicted octanol–water partition coefficient (Wildman–Crippen LogP) is 0.210. The molecule has 2 amide bonds. The third-order valence-electron chi connectivity index (χ3n) is 4.09. The van der Waals surface area contributed by atoms with Gasteiger partial charge in [0.05, 0.1) is 0 Å². The van der Waals surface area contributed by atoms with E-state index in [0.29, 0.717) is 19.6 Å². The van der Waals surface area contributed by atoms with Gasteiger partial charge < -0.3 is 15.5 Å². The zero-order chi connectivity index (χ0) is 13.7. The first kappa shape index (κ1) is 14.7. The van der Waals surface area contributed by atoms with E-state index in [1.165, 1.54) is 6.42 Å². The molecule has 2 fully saturated rings. The molecule has 0 unspecified atom stereocenters. The summed E-state index contributed by atoms with van der Waals surface area (Å²) in [6.07, 6.45) is 6.48. The van der Waals surface area contributed by atoms with Crippen LogP contribution in [0.2, 0.25) is 0 Å². The molecule has 1 aliphatic heterocycles. The zero-order valence-electron chi connectivity index (χ0n) is 11.5. The largest absolute Gasteiger partial charge is 0.346 e. The molecular formula is C13H23N3O2S. The summed E-state index contributed by atoms with van der Waals surface area (Å²) in [5.74, 6) is -0.818. The van der Waals surface area contributed by atoms with Crippen molar-refractivity contribution < 1.29 is 9.59 Å². The normalized spacial score (nSPS) is 22.3. The van der Waals surface area contributed by atoms with Crippen LogP contribution in [-0.2, 0) is 9.59 Å². The number of carbonyl (C=O) groups excluding carboxylic acids is 2. The molecule has 1 aliphatic carbocycles. The van der Waals surface area contributed by atoms with Gasteiger partial charge in [-0.1, -0.05) is 6.42 Å². The van der Waals surface area contributed by atoms with Crippen molar-refractivity contribution in [2.45, 2.75) is 30.4 Å². The average molecular weight is 285 g/mol. The second-order valence-electron chi connectivity index (χ2n) is 5.32. The van der Waals surface area contributed by atoms with Gasteiger partial charge in [0.1, 0.15) is 0 Å². The molecule has 5 nitrogen and oxygen atoms in total. The fourth-order valence-electron chi connectivity index (χ4n) is 2.53. The molecule has 19 heavy (non-hydrogen) atoms. The number of hydrogen-bond donors (Lipinski definition) is 2. The Morgan fingerprint density at radius 1 is 1.26 bits per heavy atom. The van der Waals surface area contributed by atoms with Gasteiger partial charge in [-0.25, -0.2) is 0 Å². The monoisotopic (exact) mass is 285 g/mol. The van der Waals surface area contributed by atoms with Crippen molar-refractivity contribution in [2.24, 2.45) is 0 Å². The van der Waals surface area contributed by atoms with Gasteiger partial charge in [-0.3, -0.25) is 9.59 Å². The Morgan fingerprint density at radius 3 is 2.68 bits per heavy atom. The minimum absolute atomic E-state index is 0.177.